The van der Waals surface area contributed by atoms with Crippen molar-refractivity contribution in [3.63, 3.8) is 0 Å². The average Bonchev–Trinajstić information content (AvgIpc) is 2.62. The van der Waals surface area contributed by atoms with Crippen molar-refractivity contribution in [1.29, 1.82) is 0 Å². The number of hydrogen-bond acceptors (Lipinski definition) is 3. The maximum atomic E-state index is 8.76. The summed E-state index contributed by atoms with van der Waals surface area (Å²) in [4.78, 5) is 0. The number of nitrogens with zero attached hydrogens (tertiary/aromatic N) is 3. The summed E-state index contributed by atoms with van der Waals surface area (Å²) in [6.07, 6.45) is 7.04. The van der Waals surface area contributed by atoms with E-state index in [0.717, 1.165) is 5.57 Å². The molecule has 0 saturated carbocycles. The molecule has 1 aromatic heterocycles. The monoisotopic (exact) mass is 191 g/mol. The van der Waals surface area contributed by atoms with Gasteiger partial charge in [0.05, 0.1) is 19.3 Å². The van der Waals surface area contributed by atoms with Gasteiger partial charge in [-0.1, -0.05) is 36.6 Å². The molecule has 4 heteroatoms. The summed E-state index contributed by atoms with van der Waals surface area (Å²) < 4.78 is 1.63. The van der Waals surface area contributed by atoms with Gasteiger partial charge in [-0.25, -0.2) is 4.68 Å². The summed E-state index contributed by atoms with van der Waals surface area (Å²) in [5.74, 6) is 0. The van der Waals surface area contributed by atoms with Gasteiger partial charge in [0.25, 0.3) is 0 Å². The lowest BCUT2D eigenvalue weighted by Crippen LogP contribution is -1.99. The molecule has 4 nitrogen and oxygen atoms in total. The zero-order valence-electron chi connectivity index (χ0n) is 7.93. The summed E-state index contributed by atoms with van der Waals surface area (Å²) in [7, 11) is 0. The highest BCUT2D eigenvalue weighted by atomic mass is 16.3. The second kappa shape index (κ2) is 5.14. The molecule has 1 aromatic rings. The third-order valence-electron chi connectivity index (χ3n) is 1.58. The van der Waals surface area contributed by atoms with Crippen molar-refractivity contribution in [2.45, 2.75) is 13.2 Å². The van der Waals surface area contributed by atoms with Gasteiger partial charge < -0.3 is 5.11 Å². The second-order valence-electron chi connectivity index (χ2n) is 2.82. The lowest BCUT2D eigenvalue weighted by molar-refractivity contribution is 0.276. The van der Waals surface area contributed by atoms with E-state index in [1.807, 2.05) is 12.2 Å². The molecule has 74 valence electrons. The lowest BCUT2D eigenvalue weighted by Gasteiger charge is -1.97. The van der Waals surface area contributed by atoms with E-state index in [1.54, 1.807) is 17.0 Å². The SMILES string of the molecule is C=C/C=C\C(=C)Cn1cc(CO)nn1. The molecule has 0 saturated heterocycles. The maximum Gasteiger partial charge on any atom is 0.108 e. The van der Waals surface area contributed by atoms with Gasteiger partial charge in [0.15, 0.2) is 0 Å². The van der Waals surface area contributed by atoms with Gasteiger partial charge in [0, 0.05) is 0 Å². The predicted octanol–water partition coefficient (Wildman–Crippen LogP) is 1.07. The first-order chi connectivity index (χ1) is 6.76. The summed E-state index contributed by atoms with van der Waals surface area (Å²) in [5, 5.41) is 16.3. The van der Waals surface area contributed by atoms with Crippen molar-refractivity contribution in [3.8, 4) is 0 Å². The van der Waals surface area contributed by atoms with Crippen LogP contribution in [-0.4, -0.2) is 20.1 Å². The van der Waals surface area contributed by atoms with Crippen molar-refractivity contribution >= 4 is 0 Å². The molecular formula is C10H13N3O. The minimum Gasteiger partial charge on any atom is -0.390 e. The van der Waals surface area contributed by atoms with Gasteiger partial charge >= 0.3 is 0 Å². The first kappa shape index (κ1) is 10.4. The third kappa shape index (κ3) is 2.99. The molecule has 0 aliphatic carbocycles. The largest absolute Gasteiger partial charge is 0.390 e. The van der Waals surface area contributed by atoms with Crippen LogP contribution in [0.15, 0.2) is 43.2 Å². The molecule has 0 radical (unpaired) electrons. The molecule has 1 heterocycles. The van der Waals surface area contributed by atoms with E-state index in [9.17, 15) is 0 Å². The van der Waals surface area contributed by atoms with Gasteiger partial charge in [-0.15, -0.1) is 5.10 Å². The van der Waals surface area contributed by atoms with Crippen molar-refractivity contribution in [2.24, 2.45) is 0 Å². The Kier molecular flexibility index (Phi) is 3.82. The number of allylic oxidation sites excluding steroid dienone is 4. The molecule has 0 atom stereocenters. The van der Waals surface area contributed by atoms with E-state index in [0.29, 0.717) is 12.2 Å². The Morgan fingerprint density at radius 3 is 3.00 bits per heavy atom. The average molecular weight is 191 g/mol. The number of aliphatic hydroxyl groups is 1. The van der Waals surface area contributed by atoms with Crippen molar-refractivity contribution in [3.05, 3.63) is 48.8 Å². The van der Waals surface area contributed by atoms with Crippen LogP contribution in [0, 0.1) is 0 Å². The standard InChI is InChI=1S/C10H13N3O/c1-3-4-5-9(2)6-13-7-10(8-14)11-12-13/h3-5,7,14H,1-2,6,8H2/b5-4-. The number of hydrogen-bond donors (Lipinski definition) is 1. The molecular weight excluding hydrogens is 178 g/mol. The predicted molar refractivity (Wildman–Crippen MR) is 54.4 cm³/mol. The Morgan fingerprint density at radius 1 is 1.64 bits per heavy atom. The smallest absolute Gasteiger partial charge is 0.108 e. The molecule has 0 aromatic carbocycles. The second-order valence-corrected chi connectivity index (χ2v) is 2.82. The Labute approximate surface area is 82.9 Å². The normalized spacial score (nSPS) is 10.6. The van der Waals surface area contributed by atoms with E-state index >= 15 is 0 Å². The minimum atomic E-state index is -0.0883. The number of aromatic nitrogens is 3. The first-order valence-corrected chi connectivity index (χ1v) is 4.23. The highest BCUT2D eigenvalue weighted by Crippen LogP contribution is 1.99. The summed E-state index contributed by atoms with van der Waals surface area (Å²) in [6, 6.07) is 0. The fraction of sp³-hybridized carbons (Fsp3) is 0.200. The Bertz CT molecular complexity index is 352. The van der Waals surface area contributed by atoms with Crippen molar-refractivity contribution < 1.29 is 5.11 Å². The van der Waals surface area contributed by atoms with Gasteiger partial charge in [-0.05, 0) is 5.57 Å². The topological polar surface area (TPSA) is 50.9 Å². The molecule has 1 N–H and O–H groups in total. The maximum absolute atomic E-state index is 8.76. The van der Waals surface area contributed by atoms with Crippen LogP contribution >= 0.6 is 0 Å². The van der Waals surface area contributed by atoms with Gasteiger partial charge in [-0.2, -0.15) is 0 Å². The molecule has 14 heavy (non-hydrogen) atoms. The Balaban J connectivity index is 2.55. The molecule has 0 aliphatic heterocycles. The quantitative estimate of drug-likeness (QED) is 0.708. The highest BCUT2D eigenvalue weighted by Gasteiger charge is 1.98. The van der Waals surface area contributed by atoms with Crippen molar-refractivity contribution in [1.82, 2.24) is 15.0 Å². The third-order valence-corrected chi connectivity index (χ3v) is 1.58. The fourth-order valence-electron chi connectivity index (χ4n) is 0.953. The van der Waals surface area contributed by atoms with E-state index in [-0.39, 0.29) is 6.61 Å². The van der Waals surface area contributed by atoms with Crippen LogP contribution in [0.5, 0.6) is 0 Å². The summed E-state index contributed by atoms with van der Waals surface area (Å²) in [6.45, 7) is 7.88. The van der Waals surface area contributed by atoms with E-state index in [1.165, 1.54) is 0 Å². The van der Waals surface area contributed by atoms with Gasteiger partial charge in [0.2, 0.25) is 0 Å². The van der Waals surface area contributed by atoms with E-state index < -0.39 is 0 Å². The van der Waals surface area contributed by atoms with Crippen LogP contribution in [-0.2, 0) is 13.2 Å². The fourth-order valence-corrected chi connectivity index (χ4v) is 0.953. The van der Waals surface area contributed by atoms with Gasteiger partial charge in [0.1, 0.15) is 5.69 Å². The van der Waals surface area contributed by atoms with Crippen LogP contribution in [0.3, 0.4) is 0 Å². The zero-order valence-corrected chi connectivity index (χ0v) is 7.93. The Morgan fingerprint density at radius 2 is 2.43 bits per heavy atom. The molecule has 0 spiro atoms. The molecule has 0 aliphatic rings. The number of aliphatic hydroxyl groups excluding tert-OH is 1. The first-order valence-electron chi connectivity index (χ1n) is 4.23. The Hall–Kier alpha value is -1.68. The molecule has 0 amide bonds. The zero-order chi connectivity index (χ0) is 10.4. The highest BCUT2D eigenvalue weighted by molar-refractivity contribution is 5.17. The van der Waals surface area contributed by atoms with Crippen molar-refractivity contribution in [2.75, 3.05) is 0 Å². The van der Waals surface area contributed by atoms with Crippen LogP contribution in [0.4, 0.5) is 0 Å². The summed E-state index contributed by atoms with van der Waals surface area (Å²) in [5.41, 5.74) is 1.46. The lowest BCUT2D eigenvalue weighted by atomic mass is 10.3. The minimum absolute atomic E-state index is 0.0883. The summed E-state index contributed by atoms with van der Waals surface area (Å²) >= 11 is 0. The molecule has 1 rings (SSSR count). The molecule has 0 unspecified atom stereocenters. The number of rotatable bonds is 5. The molecule has 0 bridgehead atoms. The molecule has 0 fully saturated rings. The van der Waals surface area contributed by atoms with E-state index in [2.05, 4.69) is 23.5 Å². The van der Waals surface area contributed by atoms with Crippen LogP contribution in [0.2, 0.25) is 0 Å². The van der Waals surface area contributed by atoms with E-state index in [4.69, 9.17) is 5.11 Å². The van der Waals surface area contributed by atoms with Gasteiger partial charge in [-0.3, -0.25) is 0 Å². The van der Waals surface area contributed by atoms with Crippen LogP contribution in [0.25, 0.3) is 0 Å². The van der Waals surface area contributed by atoms with Crippen LogP contribution in [0.1, 0.15) is 5.69 Å². The van der Waals surface area contributed by atoms with Crippen LogP contribution < -0.4 is 0 Å².